The number of nitrogens with one attached hydrogen (secondary N) is 1. The van der Waals surface area contributed by atoms with Crippen molar-refractivity contribution >= 4 is 35.3 Å². The van der Waals surface area contributed by atoms with E-state index in [1.54, 1.807) is 17.0 Å². The third-order valence-corrected chi connectivity index (χ3v) is 7.92. The van der Waals surface area contributed by atoms with Crippen LogP contribution in [0.25, 0.3) is 0 Å². The highest BCUT2D eigenvalue weighted by atomic mass is 35.5. The molecule has 0 unspecified atom stereocenters. The Kier molecular flexibility index (Phi) is 8.35. The van der Waals surface area contributed by atoms with Crippen LogP contribution in [0.2, 0.25) is 5.02 Å². The number of halogens is 7. The molecule has 3 amide bonds. The maximum Gasteiger partial charge on any atom is 0.490 e. The van der Waals surface area contributed by atoms with Crippen LogP contribution >= 0.6 is 11.6 Å². The number of carboxylic acids is 1. The van der Waals surface area contributed by atoms with Crippen molar-refractivity contribution in [1.29, 1.82) is 0 Å². The molecule has 5 rings (SSSR count). The standard InChI is InChI=1S/C25H23ClF3N3O3.C2HF3O2/c1-31-21(33)18-19(22(31)34)24(30-20(18)15-5-7-16(8-6-15)25(27,28)29)11-2-12-32(23(24)35)13-14-3-9-17(26)10-4-14;3-2(4,5)1(6)7/h3-10,18-20,30H,2,11-13H2,1H3;(H,6,7)/t18-,19-,20-,24-;/m1./s1. The van der Waals surface area contributed by atoms with E-state index in [-0.39, 0.29) is 5.91 Å². The lowest BCUT2D eigenvalue weighted by atomic mass is 9.74. The molecule has 3 aliphatic rings. The number of benzene rings is 2. The fourth-order valence-electron chi connectivity index (χ4n) is 5.74. The quantitative estimate of drug-likeness (QED) is 0.389. The summed E-state index contributed by atoms with van der Waals surface area (Å²) in [6.07, 6.45) is -8.61. The number of hydrogen-bond acceptors (Lipinski definition) is 5. The maximum absolute atomic E-state index is 13.9. The van der Waals surface area contributed by atoms with Crippen LogP contribution in [0.1, 0.15) is 35.6 Å². The summed E-state index contributed by atoms with van der Waals surface area (Å²) in [4.78, 5) is 51.8. The average Bonchev–Trinajstić information content (AvgIpc) is 3.37. The molecule has 3 saturated heterocycles. The van der Waals surface area contributed by atoms with Crippen molar-refractivity contribution in [2.45, 2.75) is 43.3 Å². The second-order valence-electron chi connectivity index (χ2n) is 10.2. The van der Waals surface area contributed by atoms with Gasteiger partial charge in [0.05, 0.1) is 17.4 Å². The van der Waals surface area contributed by atoms with Crippen LogP contribution in [-0.2, 0) is 31.9 Å². The Morgan fingerprint density at radius 3 is 2.10 bits per heavy atom. The Morgan fingerprint density at radius 2 is 1.57 bits per heavy atom. The number of imide groups is 1. The Bertz CT molecular complexity index is 1380. The van der Waals surface area contributed by atoms with Crippen LogP contribution in [0, 0.1) is 11.8 Å². The topological polar surface area (TPSA) is 107 Å². The monoisotopic (exact) mass is 619 g/mol. The van der Waals surface area contributed by atoms with Gasteiger partial charge in [-0.15, -0.1) is 0 Å². The van der Waals surface area contributed by atoms with Gasteiger partial charge in [0.1, 0.15) is 5.54 Å². The summed E-state index contributed by atoms with van der Waals surface area (Å²) in [6.45, 7) is 0.810. The minimum Gasteiger partial charge on any atom is -0.475 e. The predicted octanol–water partition coefficient (Wildman–Crippen LogP) is 4.43. The highest BCUT2D eigenvalue weighted by Crippen LogP contribution is 2.52. The highest BCUT2D eigenvalue weighted by molar-refractivity contribution is 6.30. The zero-order valence-corrected chi connectivity index (χ0v) is 22.6. The lowest BCUT2D eigenvalue weighted by Crippen LogP contribution is -2.63. The molecule has 2 N–H and O–H groups in total. The summed E-state index contributed by atoms with van der Waals surface area (Å²) in [7, 11) is 1.39. The van der Waals surface area contributed by atoms with Crippen LogP contribution < -0.4 is 5.32 Å². The zero-order valence-electron chi connectivity index (χ0n) is 21.8. The molecule has 0 saturated carbocycles. The van der Waals surface area contributed by atoms with Crippen molar-refractivity contribution < 1.29 is 50.6 Å². The summed E-state index contributed by atoms with van der Waals surface area (Å²) >= 11 is 5.97. The molecular formula is C27H24ClF6N3O5. The van der Waals surface area contributed by atoms with Crippen molar-refractivity contribution in [2.24, 2.45) is 11.8 Å². The Balaban J connectivity index is 0.000000517. The van der Waals surface area contributed by atoms with Crippen molar-refractivity contribution in [3.05, 3.63) is 70.2 Å². The number of carboxylic acid groups (broad SMARTS) is 1. The first-order chi connectivity index (χ1) is 19.5. The van der Waals surface area contributed by atoms with E-state index in [2.05, 4.69) is 5.32 Å². The Morgan fingerprint density at radius 1 is 1.00 bits per heavy atom. The third kappa shape index (κ3) is 5.82. The molecule has 0 radical (unpaired) electrons. The van der Waals surface area contributed by atoms with Crippen LogP contribution in [0.5, 0.6) is 0 Å². The molecule has 2 aromatic carbocycles. The first-order valence-electron chi connectivity index (χ1n) is 12.6. The van der Waals surface area contributed by atoms with Crippen LogP contribution in [0.3, 0.4) is 0 Å². The molecule has 8 nitrogen and oxygen atoms in total. The van der Waals surface area contributed by atoms with Gasteiger partial charge < -0.3 is 10.0 Å². The van der Waals surface area contributed by atoms with Gasteiger partial charge >= 0.3 is 18.3 Å². The van der Waals surface area contributed by atoms with Gasteiger partial charge in [-0.05, 0) is 48.2 Å². The summed E-state index contributed by atoms with van der Waals surface area (Å²) in [5.41, 5.74) is -0.803. The lowest BCUT2D eigenvalue weighted by Gasteiger charge is -2.42. The molecule has 15 heteroatoms. The van der Waals surface area contributed by atoms with Crippen molar-refractivity contribution in [1.82, 2.24) is 15.1 Å². The number of fused-ring (bicyclic) bond motifs is 2. The normalized spacial score (nSPS) is 25.9. The lowest BCUT2D eigenvalue weighted by molar-refractivity contribution is -0.192. The van der Waals surface area contributed by atoms with Crippen molar-refractivity contribution in [3.63, 3.8) is 0 Å². The van der Waals surface area contributed by atoms with Crippen molar-refractivity contribution in [2.75, 3.05) is 13.6 Å². The van der Waals surface area contributed by atoms with Gasteiger partial charge in [-0.1, -0.05) is 35.9 Å². The van der Waals surface area contributed by atoms with E-state index in [0.717, 1.165) is 22.6 Å². The first-order valence-corrected chi connectivity index (χ1v) is 13.0. The largest absolute Gasteiger partial charge is 0.490 e. The molecule has 0 aliphatic carbocycles. The van der Waals surface area contributed by atoms with E-state index in [9.17, 15) is 40.7 Å². The molecule has 3 aliphatic heterocycles. The number of likely N-dealkylation sites (tertiary alicyclic amines) is 2. The number of carbonyl (C=O) groups is 4. The zero-order chi connectivity index (χ0) is 31.2. The number of amides is 3. The number of carbonyl (C=O) groups excluding carboxylic acids is 3. The number of nitrogens with zero attached hydrogens (tertiary/aromatic N) is 2. The number of piperidine rings is 1. The predicted molar refractivity (Wildman–Crippen MR) is 135 cm³/mol. The van der Waals surface area contributed by atoms with Crippen LogP contribution in [0.4, 0.5) is 26.3 Å². The summed E-state index contributed by atoms with van der Waals surface area (Å²) < 4.78 is 71.0. The molecule has 4 atom stereocenters. The minimum atomic E-state index is -5.08. The van der Waals surface area contributed by atoms with Gasteiger partial charge in [0.25, 0.3) is 0 Å². The number of hydrogen-bond donors (Lipinski definition) is 2. The maximum atomic E-state index is 13.9. The van der Waals surface area contributed by atoms with Gasteiger partial charge in [0.15, 0.2) is 0 Å². The van der Waals surface area contributed by atoms with Gasteiger partial charge in [-0.2, -0.15) is 26.3 Å². The molecule has 226 valence electrons. The first kappa shape index (κ1) is 31.3. The number of rotatable bonds is 3. The van der Waals surface area contributed by atoms with Gasteiger partial charge in [-0.25, -0.2) is 4.79 Å². The van der Waals surface area contributed by atoms with Crippen LogP contribution in [0.15, 0.2) is 48.5 Å². The molecule has 3 fully saturated rings. The fraction of sp³-hybridized carbons (Fsp3) is 0.407. The third-order valence-electron chi connectivity index (χ3n) is 7.67. The fourth-order valence-corrected chi connectivity index (χ4v) is 5.87. The van der Waals surface area contributed by atoms with E-state index in [0.29, 0.717) is 36.5 Å². The van der Waals surface area contributed by atoms with Crippen molar-refractivity contribution in [3.8, 4) is 0 Å². The Hall–Kier alpha value is -3.65. The van der Waals surface area contributed by atoms with E-state index in [1.807, 2.05) is 12.1 Å². The summed E-state index contributed by atoms with van der Waals surface area (Å²) in [5.74, 6) is -5.70. The molecule has 42 heavy (non-hydrogen) atoms. The van der Waals surface area contributed by atoms with Gasteiger partial charge in [-0.3, -0.25) is 24.6 Å². The van der Waals surface area contributed by atoms with E-state index in [4.69, 9.17) is 21.5 Å². The van der Waals surface area contributed by atoms with Gasteiger partial charge in [0, 0.05) is 31.2 Å². The molecule has 1 spiro atoms. The summed E-state index contributed by atoms with van der Waals surface area (Å²) in [5, 5.41) is 11.0. The van der Waals surface area contributed by atoms with Gasteiger partial charge in [0.2, 0.25) is 17.7 Å². The number of aliphatic carboxylic acids is 1. The average molecular weight is 620 g/mol. The minimum absolute atomic E-state index is 0.278. The smallest absolute Gasteiger partial charge is 0.475 e. The second-order valence-corrected chi connectivity index (χ2v) is 10.6. The van der Waals surface area contributed by atoms with E-state index < -0.39 is 59.1 Å². The Labute approximate surface area is 240 Å². The second kappa shape index (κ2) is 11.2. The SMILES string of the molecule is CN1C(=O)[C@H]2[C@@H](c3ccc(C(F)(F)F)cc3)N[C@]3(CCCN(Cc4ccc(Cl)cc4)C3=O)[C@H]2C1=O.O=C(O)C(F)(F)F. The number of alkyl halides is 6. The highest BCUT2D eigenvalue weighted by Gasteiger charge is 2.68. The summed E-state index contributed by atoms with van der Waals surface area (Å²) in [6, 6.07) is 10.9. The molecule has 2 aromatic rings. The molecular weight excluding hydrogens is 596 g/mol. The van der Waals surface area contributed by atoms with E-state index in [1.165, 1.54) is 19.2 Å². The van der Waals surface area contributed by atoms with E-state index >= 15 is 0 Å². The van der Waals surface area contributed by atoms with Crippen LogP contribution in [-0.4, -0.2) is 63.9 Å². The molecule has 3 heterocycles. The molecule has 0 aromatic heterocycles. The molecule has 0 bridgehead atoms.